The van der Waals surface area contributed by atoms with E-state index in [2.05, 4.69) is 0 Å². The third-order valence-electron chi connectivity index (χ3n) is 1.78. The van der Waals surface area contributed by atoms with Crippen LogP contribution in [0.25, 0.3) is 0 Å². The van der Waals surface area contributed by atoms with E-state index in [0.29, 0.717) is 11.3 Å². The van der Waals surface area contributed by atoms with Crippen LogP contribution in [0.4, 0.5) is 0 Å². The van der Waals surface area contributed by atoms with Crippen LogP contribution in [0, 0.1) is 11.3 Å². The third-order valence-corrected chi connectivity index (χ3v) is 1.78. The summed E-state index contributed by atoms with van der Waals surface area (Å²) in [6, 6.07) is 8.55. The maximum absolute atomic E-state index is 10.4. The highest BCUT2D eigenvalue weighted by molar-refractivity contribution is 5.67. The van der Waals surface area contributed by atoms with E-state index in [0.717, 1.165) is 0 Å². The monoisotopic (exact) mass is 205 g/mol. The first-order valence-electron chi connectivity index (χ1n) is 4.50. The van der Waals surface area contributed by atoms with E-state index in [1.807, 2.05) is 6.07 Å². The summed E-state index contributed by atoms with van der Waals surface area (Å²) in [6.07, 6.45) is -0.421. The van der Waals surface area contributed by atoms with Crippen LogP contribution in [-0.2, 0) is 4.79 Å². The van der Waals surface area contributed by atoms with Crippen LogP contribution in [-0.4, -0.2) is 17.2 Å². The average molecular weight is 205 g/mol. The third kappa shape index (κ3) is 3.69. The standard InChI is InChI=1S/C11H11NO3/c1-8(6-11(13)14)15-10-4-2-9(7-12)3-5-10/h2-5,8H,6H2,1H3,(H,13,14)/t8-/m0/s1. The zero-order valence-electron chi connectivity index (χ0n) is 8.30. The van der Waals surface area contributed by atoms with Gasteiger partial charge < -0.3 is 9.84 Å². The molecular formula is C11H11NO3. The van der Waals surface area contributed by atoms with Crippen LogP contribution in [0.15, 0.2) is 24.3 Å². The first-order chi connectivity index (χ1) is 7.11. The first kappa shape index (κ1) is 11.1. The Bertz CT molecular complexity index is 378. The summed E-state index contributed by atoms with van der Waals surface area (Å²) in [5.74, 6) is -0.320. The summed E-state index contributed by atoms with van der Waals surface area (Å²) in [5, 5.41) is 17.1. The molecule has 4 heteroatoms. The summed E-state index contributed by atoms with van der Waals surface area (Å²) in [4.78, 5) is 10.4. The zero-order chi connectivity index (χ0) is 11.3. The molecule has 1 atom stereocenters. The molecule has 0 fully saturated rings. The number of carboxylic acids is 1. The summed E-state index contributed by atoms with van der Waals surface area (Å²) in [7, 11) is 0. The van der Waals surface area contributed by atoms with E-state index in [4.69, 9.17) is 15.1 Å². The Morgan fingerprint density at radius 3 is 2.60 bits per heavy atom. The van der Waals surface area contributed by atoms with E-state index < -0.39 is 5.97 Å². The number of nitriles is 1. The maximum Gasteiger partial charge on any atom is 0.307 e. The second-order valence-electron chi connectivity index (χ2n) is 3.16. The van der Waals surface area contributed by atoms with Gasteiger partial charge in [-0.1, -0.05) is 0 Å². The van der Waals surface area contributed by atoms with Crippen LogP contribution in [0.5, 0.6) is 5.75 Å². The molecule has 15 heavy (non-hydrogen) atoms. The number of benzene rings is 1. The molecule has 1 aromatic carbocycles. The Hall–Kier alpha value is -2.02. The number of nitrogens with zero attached hydrogens (tertiary/aromatic N) is 1. The van der Waals surface area contributed by atoms with Crippen LogP contribution in [0.1, 0.15) is 18.9 Å². The number of hydrogen-bond donors (Lipinski definition) is 1. The molecule has 0 amide bonds. The Labute approximate surface area is 87.7 Å². The second kappa shape index (κ2) is 5.01. The predicted molar refractivity (Wildman–Crippen MR) is 53.5 cm³/mol. The number of hydrogen-bond acceptors (Lipinski definition) is 3. The van der Waals surface area contributed by atoms with E-state index >= 15 is 0 Å². The number of carbonyl (C=O) groups is 1. The molecule has 0 unspecified atom stereocenters. The van der Waals surface area contributed by atoms with E-state index in [-0.39, 0.29) is 12.5 Å². The molecule has 0 aliphatic heterocycles. The number of rotatable bonds is 4. The average Bonchev–Trinajstić information content (AvgIpc) is 2.17. The lowest BCUT2D eigenvalue weighted by Gasteiger charge is -2.12. The van der Waals surface area contributed by atoms with E-state index in [9.17, 15) is 4.79 Å². The largest absolute Gasteiger partial charge is 0.490 e. The van der Waals surface area contributed by atoms with Gasteiger partial charge in [0.2, 0.25) is 0 Å². The van der Waals surface area contributed by atoms with Crippen molar-refractivity contribution in [1.29, 1.82) is 5.26 Å². The van der Waals surface area contributed by atoms with Gasteiger partial charge in [0.15, 0.2) is 0 Å². The summed E-state index contributed by atoms with van der Waals surface area (Å²) in [6.45, 7) is 1.69. The second-order valence-corrected chi connectivity index (χ2v) is 3.16. The summed E-state index contributed by atoms with van der Waals surface area (Å²) < 4.78 is 5.33. The van der Waals surface area contributed by atoms with Gasteiger partial charge in [-0.2, -0.15) is 5.26 Å². The SMILES string of the molecule is C[C@@H](CC(=O)O)Oc1ccc(C#N)cc1. The number of carboxylic acid groups (broad SMARTS) is 1. The highest BCUT2D eigenvalue weighted by atomic mass is 16.5. The minimum atomic E-state index is -0.892. The fourth-order valence-corrected chi connectivity index (χ4v) is 1.13. The van der Waals surface area contributed by atoms with Gasteiger partial charge in [0.05, 0.1) is 18.1 Å². The fourth-order valence-electron chi connectivity index (χ4n) is 1.13. The minimum Gasteiger partial charge on any atom is -0.490 e. The van der Waals surface area contributed by atoms with Crippen molar-refractivity contribution < 1.29 is 14.6 Å². The topological polar surface area (TPSA) is 70.3 Å². The molecule has 1 aromatic rings. The normalized spacial score (nSPS) is 11.5. The van der Waals surface area contributed by atoms with Gasteiger partial charge in [-0.05, 0) is 31.2 Å². The Morgan fingerprint density at radius 1 is 1.53 bits per heavy atom. The maximum atomic E-state index is 10.4. The Morgan fingerprint density at radius 2 is 2.13 bits per heavy atom. The molecule has 0 radical (unpaired) electrons. The van der Waals surface area contributed by atoms with E-state index in [1.54, 1.807) is 31.2 Å². The molecule has 0 heterocycles. The molecule has 78 valence electrons. The molecule has 0 bridgehead atoms. The van der Waals surface area contributed by atoms with Gasteiger partial charge in [0, 0.05) is 0 Å². The van der Waals surface area contributed by atoms with Crippen molar-refractivity contribution in [3.8, 4) is 11.8 Å². The van der Waals surface area contributed by atoms with Gasteiger partial charge in [0.1, 0.15) is 11.9 Å². The van der Waals surface area contributed by atoms with Crippen molar-refractivity contribution in [2.24, 2.45) is 0 Å². The molecule has 0 aliphatic carbocycles. The van der Waals surface area contributed by atoms with Crippen LogP contribution in [0.3, 0.4) is 0 Å². The Kier molecular flexibility index (Phi) is 3.69. The van der Waals surface area contributed by atoms with Crippen LogP contribution >= 0.6 is 0 Å². The Balaban J connectivity index is 2.58. The minimum absolute atomic E-state index is 0.0417. The van der Waals surface area contributed by atoms with Gasteiger partial charge in [-0.25, -0.2) is 0 Å². The lowest BCUT2D eigenvalue weighted by molar-refractivity contribution is -0.138. The molecule has 0 aliphatic rings. The van der Waals surface area contributed by atoms with Gasteiger partial charge in [-0.15, -0.1) is 0 Å². The smallest absolute Gasteiger partial charge is 0.307 e. The summed E-state index contributed by atoms with van der Waals surface area (Å²) in [5.41, 5.74) is 0.549. The van der Waals surface area contributed by atoms with Crippen LogP contribution < -0.4 is 4.74 Å². The molecular weight excluding hydrogens is 194 g/mol. The quantitative estimate of drug-likeness (QED) is 0.813. The zero-order valence-corrected chi connectivity index (χ0v) is 8.30. The van der Waals surface area contributed by atoms with Crippen molar-refractivity contribution >= 4 is 5.97 Å². The van der Waals surface area contributed by atoms with Crippen molar-refractivity contribution in [2.75, 3.05) is 0 Å². The molecule has 1 rings (SSSR count). The lowest BCUT2D eigenvalue weighted by atomic mass is 10.2. The molecule has 0 aromatic heterocycles. The van der Waals surface area contributed by atoms with Gasteiger partial charge in [-0.3, -0.25) is 4.79 Å². The van der Waals surface area contributed by atoms with Crippen molar-refractivity contribution in [1.82, 2.24) is 0 Å². The van der Waals surface area contributed by atoms with Gasteiger partial charge in [0.25, 0.3) is 0 Å². The predicted octanol–water partition coefficient (Wildman–Crippen LogP) is 1.80. The van der Waals surface area contributed by atoms with Crippen molar-refractivity contribution in [2.45, 2.75) is 19.4 Å². The van der Waals surface area contributed by atoms with Crippen molar-refractivity contribution in [3.05, 3.63) is 29.8 Å². The van der Waals surface area contributed by atoms with Crippen LogP contribution in [0.2, 0.25) is 0 Å². The first-order valence-corrected chi connectivity index (χ1v) is 4.50. The molecule has 0 saturated heterocycles. The number of aliphatic carboxylic acids is 1. The molecule has 1 N–H and O–H groups in total. The highest BCUT2D eigenvalue weighted by Gasteiger charge is 2.08. The lowest BCUT2D eigenvalue weighted by Crippen LogP contribution is -2.16. The molecule has 4 nitrogen and oxygen atoms in total. The number of ether oxygens (including phenoxy) is 1. The fraction of sp³-hybridized carbons (Fsp3) is 0.273. The highest BCUT2D eigenvalue weighted by Crippen LogP contribution is 2.14. The van der Waals surface area contributed by atoms with E-state index in [1.165, 1.54) is 0 Å². The molecule has 0 saturated carbocycles. The van der Waals surface area contributed by atoms with Crippen molar-refractivity contribution in [3.63, 3.8) is 0 Å². The molecule has 0 spiro atoms. The van der Waals surface area contributed by atoms with Gasteiger partial charge >= 0.3 is 5.97 Å². The summed E-state index contributed by atoms with van der Waals surface area (Å²) >= 11 is 0.